The number of fused-ring (bicyclic) bond motifs is 1. The third-order valence-corrected chi connectivity index (χ3v) is 8.00. The number of esters is 1. The third-order valence-electron chi connectivity index (χ3n) is 6.66. The Morgan fingerprint density at radius 3 is 2.69 bits per heavy atom. The summed E-state index contributed by atoms with van der Waals surface area (Å²) in [6.07, 6.45) is 9.12. The second-order valence-electron chi connectivity index (χ2n) is 9.07. The number of hydrogen-bond donors (Lipinski definition) is 1. The van der Waals surface area contributed by atoms with Gasteiger partial charge in [-0.1, -0.05) is 6.07 Å². The van der Waals surface area contributed by atoms with Gasteiger partial charge >= 0.3 is 5.97 Å². The van der Waals surface area contributed by atoms with E-state index in [4.69, 9.17) is 9.72 Å². The Labute approximate surface area is 211 Å². The van der Waals surface area contributed by atoms with E-state index in [1.807, 2.05) is 41.1 Å². The first-order chi connectivity index (χ1) is 17.3. The van der Waals surface area contributed by atoms with Crippen molar-refractivity contribution in [2.24, 2.45) is 0 Å². The van der Waals surface area contributed by atoms with Crippen molar-refractivity contribution >= 4 is 32.8 Å². The summed E-state index contributed by atoms with van der Waals surface area (Å²) in [7, 11) is -0.150. The number of benzene rings is 1. The number of anilines is 1. The fourth-order valence-electron chi connectivity index (χ4n) is 4.56. The first-order valence-corrected chi connectivity index (χ1v) is 13.9. The van der Waals surface area contributed by atoms with Gasteiger partial charge < -0.3 is 19.4 Å². The molecule has 1 fully saturated rings. The lowest BCUT2D eigenvalue weighted by molar-refractivity contribution is -0.140. The van der Waals surface area contributed by atoms with Gasteiger partial charge in [-0.3, -0.25) is 4.79 Å². The Hall–Kier alpha value is -3.18. The van der Waals surface area contributed by atoms with Gasteiger partial charge in [0.05, 0.1) is 25.5 Å². The summed E-state index contributed by atoms with van der Waals surface area (Å²) in [4.78, 5) is 20.4. The van der Waals surface area contributed by atoms with Gasteiger partial charge in [-0.05, 0) is 56.4 Å². The number of nitrogens with one attached hydrogen (secondary N) is 1. The summed E-state index contributed by atoms with van der Waals surface area (Å²) in [5.74, 6) is 1.78. The van der Waals surface area contributed by atoms with E-state index in [0.29, 0.717) is 25.4 Å². The smallest absolute Gasteiger partial charge is 0.305 e. The maximum absolute atomic E-state index is 11.8. The minimum absolute atomic E-state index is 0.0356. The zero-order valence-corrected chi connectivity index (χ0v) is 21.7. The predicted molar refractivity (Wildman–Crippen MR) is 138 cm³/mol. The molecule has 1 saturated carbocycles. The van der Waals surface area contributed by atoms with Crippen LogP contribution in [0.3, 0.4) is 0 Å². The molecule has 3 aromatic rings. The second-order valence-corrected chi connectivity index (χ2v) is 11.1. The SMILES string of the molecule is COC(=O)CCCOc1cccc2c1ccn2-c1ccnc(NC2CCC(N(C)S(C)(=O)=O)CC2)n1. The summed E-state index contributed by atoms with van der Waals surface area (Å²) >= 11 is 0. The van der Waals surface area contributed by atoms with Crippen molar-refractivity contribution in [3.05, 3.63) is 42.7 Å². The minimum Gasteiger partial charge on any atom is -0.493 e. The Balaban J connectivity index is 1.42. The van der Waals surface area contributed by atoms with Crippen molar-refractivity contribution < 1.29 is 22.7 Å². The van der Waals surface area contributed by atoms with Crippen molar-refractivity contribution in [2.75, 3.05) is 32.3 Å². The van der Waals surface area contributed by atoms with Crippen LogP contribution in [0.15, 0.2) is 42.7 Å². The number of carbonyl (C=O) groups excluding carboxylic acids is 1. The summed E-state index contributed by atoms with van der Waals surface area (Å²) in [6.45, 7) is 0.420. The molecule has 0 atom stereocenters. The van der Waals surface area contributed by atoms with Gasteiger partial charge in [0.2, 0.25) is 16.0 Å². The number of nitrogens with zero attached hydrogens (tertiary/aromatic N) is 4. The molecule has 4 rings (SSSR count). The van der Waals surface area contributed by atoms with Crippen LogP contribution in [0.2, 0.25) is 0 Å². The van der Waals surface area contributed by atoms with E-state index < -0.39 is 10.0 Å². The quantitative estimate of drug-likeness (QED) is 0.323. The number of hydrogen-bond acceptors (Lipinski definition) is 8. The van der Waals surface area contributed by atoms with Crippen LogP contribution in [-0.4, -0.2) is 72.3 Å². The highest BCUT2D eigenvalue weighted by molar-refractivity contribution is 7.88. The molecule has 0 radical (unpaired) electrons. The van der Waals surface area contributed by atoms with Gasteiger partial charge in [0, 0.05) is 43.3 Å². The zero-order valence-electron chi connectivity index (χ0n) is 20.9. The maximum Gasteiger partial charge on any atom is 0.305 e. The predicted octanol–water partition coefficient (Wildman–Crippen LogP) is 3.37. The standard InChI is InChI=1S/C25H33N5O5S/c1-29(36(3,32)33)19-11-9-18(10-12-19)27-25-26-15-13-23(28-25)30-16-14-20-21(30)6-4-7-22(20)35-17-5-8-24(31)34-2/h4,6-7,13-16,18-19H,5,8-12,17H2,1-3H3,(H,26,27,28). The lowest BCUT2D eigenvalue weighted by Crippen LogP contribution is -2.41. The molecule has 0 amide bonds. The van der Waals surface area contributed by atoms with Crippen molar-refractivity contribution in [1.82, 2.24) is 18.8 Å². The van der Waals surface area contributed by atoms with Gasteiger partial charge in [0.25, 0.3) is 0 Å². The lowest BCUT2D eigenvalue weighted by Gasteiger charge is -2.33. The van der Waals surface area contributed by atoms with Crippen molar-refractivity contribution in [1.29, 1.82) is 0 Å². The molecule has 1 aliphatic rings. The van der Waals surface area contributed by atoms with E-state index in [9.17, 15) is 13.2 Å². The second kappa shape index (κ2) is 11.3. The Bertz CT molecular complexity index is 1300. The van der Waals surface area contributed by atoms with Gasteiger partial charge in [-0.2, -0.15) is 4.98 Å². The highest BCUT2D eigenvalue weighted by Crippen LogP contribution is 2.29. The van der Waals surface area contributed by atoms with Crippen LogP contribution in [-0.2, 0) is 19.6 Å². The van der Waals surface area contributed by atoms with E-state index in [1.54, 1.807) is 13.2 Å². The van der Waals surface area contributed by atoms with Crippen LogP contribution in [0, 0.1) is 0 Å². The van der Waals surface area contributed by atoms with Crippen LogP contribution < -0.4 is 10.1 Å². The molecular weight excluding hydrogens is 482 g/mol. The molecule has 1 N–H and O–H groups in total. The van der Waals surface area contributed by atoms with Gasteiger partial charge in [0.1, 0.15) is 11.6 Å². The molecule has 11 heteroatoms. The summed E-state index contributed by atoms with van der Waals surface area (Å²) in [5, 5.41) is 4.38. The van der Waals surface area contributed by atoms with Crippen LogP contribution in [0.5, 0.6) is 5.75 Å². The molecule has 0 aliphatic heterocycles. The number of carbonyl (C=O) groups is 1. The maximum atomic E-state index is 11.8. The van der Waals surface area contributed by atoms with E-state index in [-0.39, 0.29) is 18.1 Å². The van der Waals surface area contributed by atoms with Gasteiger partial charge in [-0.25, -0.2) is 17.7 Å². The molecular formula is C25H33N5O5S. The molecule has 2 aromatic heterocycles. The summed E-state index contributed by atoms with van der Waals surface area (Å²) in [5.41, 5.74) is 0.953. The monoisotopic (exact) mass is 515 g/mol. The van der Waals surface area contributed by atoms with Crippen molar-refractivity contribution in [3.8, 4) is 11.6 Å². The Kier molecular flexibility index (Phi) is 8.10. The van der Waals surface area contributed by atoms with Gasteiger partial charge in [-0.15, -0.1) is 0 Å². The normalized spacial score (nSPS) is 18.3. The molecule has 0 bridgehead atoms. The van der Waals surface area contributed by atoms with E-state index in [1.165, 1.54) is 17.7 Å². The molecule has 2 heterocycles. The molecule has 0 spiro atoms. The number of sulfonamides is 1. The van der Waals surface area contributed by atoms with Crippen LogP contribution in [0.25, 0.3) is 16.7 Å². The fourth-order valence-corrected chi connectivity index (χ4v) is 5.31. The van der Waals surface area contributed by atoms with Crippen molar-refractivity contribution in [3.63, 3.8) is 0 Å². The Morgan fingerprint density at radius 1 is 1.19 bits per heavy atom. The number of aromatic nitrogens is 3. The summed E-state index contributed by atoms with van der Waals surface area (Å²) < 4.78 is 37.7. The zero-order chi connectivity index (χ0) is 25.7. The van der Waals surface area contributed by atoms with Crippen molar-refractivity contribution in [2.45, 2.75) is 50.6 Å². The highest BCUT2D eigenvalue weighted by Gasteiger charge is 2.28. The third kappa shape index (κ3) is 6.14. The van der Waals surface area contributed by atoms with E-state index >= 15 is 0 Å². The number of rotatable bonds is 10. The molecule has 194 valence electrons. The number of methoxy groups -OCH3 is 1. The average molecular weight is 516 g/mol. The average Bonchev–Trinajstić information content (AvgIpc) is 3.31. The molecule has 0 unspecified atom stereocenters. The first kappa shape index (κ1) is 25.9. The minimum atomic E-state index is -3.18. The molecule has 10 nitrogen and oxygen atoms in total. The largest absolute Gasteiger partial charge is 0.493 e. The topological polar surface area (TPSA) is 116 Å². The van der Waals surface area contributed by atoms with Gasteiger partial charge in [0.15, 0.2) is 0 Å². The molecule has 0 saturated heterocycles. The fraction of sp³-hybridized carbons (Fsp3) is 0.480. The summed E-state index contributed by atoms with van der Waals surface area (Å²) in [6, 6.07) is 9.91. The van der Waals surface area contributed by atoms with Crippen LogP contribution >= 0.6 is 0 Å². The van der Waals surface area contributed by atoms with Crippen LogP contribution in [0.4, 0.5) is 5.95 Å². The molecule has 1 aromatic carbocycles. The number of ether oxygens (including phenoxy) is 2. The molecule has 1 aliphatic carbocycles. The van der Waals surface area contributed by atoms with E-state index in [2.05, 4.69) is 15.0 Å². The molecule has 36 heavy (non-hydrogen) atoms. The Morgan fingerprint density at radius 2 is 1.97 bits per heavy atom. The first-order valence-electron chi connectivity index (χ1n) is 12.1. The highest BCUT2D eigenvalue weighted by atomic mass is 32.2. The van der Waals surface area contributed by atoms with Crippen LogP contribution in [0.1, 0.15) is 38.5 Å². The lowest BCUT2D eigenvalue weighted by atomic mass is 9.91. The van der Waals surface area contributed by atoms with E-state index in [0.717, 1.165) is 48.2 Å².